The minimum Gasteiger partial charge on any atom is -0.444 e. The van der Waals surface area contributed by atoms with E-state index in [0.29, 0.717) is 6.61 Å². The lowest BCUT2D eigenvalue weighted by atomic mass is 10.1. The number of carbonyl (C=O) groups excluding carboxylic acids is 1. The van der Waals surface area contributed by atoms with Gasteiger partial charge in [-0.1, -0.05) is 0 Å². The molecule has 0 spiro atoms. The molecule has 1 aliphatic rings. The third-order valence-electron chi connectivity index (χ3n) is 2.49. The molecule has 1 N–H and O–H groups in total. The van der Waals surface area contributed by atoms with Crippen LogP contribution < -0.4 is 5.32 Å². The summed E-state index contributed by atoms with van der Waals surface area (Å²) in [6.45, 7) is 0.309. The summed E-state index contributed by atoms with van der Waals surface area (Å²) in [6.07, 6.45) is 4.91. The maximum Gasteiger partial charge on any atom is 0.411 e. The first-order valence-corrected chi connectivity index (χ1v) is 4.88. The first kappa shape index (κ1) is 8.96. The van der Waals surface area contributed by atoms with Crippen molar-refractivity contribution in [2.45, 2.75) is 6.61 Å². The Morgan fingerprint density at radius 3 is 3.19 bits per heavy atom. The van der Waals surface area contributed by atoms with Gasteiger partial charge in [-0.3, -0.25) is 5.32 Å². The molecule has 1 aromatic carbocycles. The van der Waals surface area contributed by atoms with E-state index in [1.54, 1.807) is 12.5 Å². The van der Waals surface area contributed by atoms with Crippen LogP contribution in [-0.4, -0.2) is 15.6 Å². The number of imidazole rings is 1. The maximum atomic E-state index is 11.0. The van der Waals surface area contributed by atoms with Gasteiger partial charge in [0.25, 0.3) is 0 Å². The van der Waals surface area contributed by atoms with Crippen molar-refractivity contribution in [3.05, 3.63) is 42.5 Å². The van der Waals surface area contributed by atoms with Crippen LogP contribution in [0.2, 0.25) is 0 Å². The van der Waals surface area contributed by atoms with Crippen molar-refractivity contribution in [2.75, 3.05) is 5.32 Å². The lowest BCUT2D eigenvalue weighted by Gasteiger charge is -2.18. The van der Waals surface area contributed by atoms with Crippen LogP contribution in [0.25, 0.3) is 5.69 Å². The van der Waals surface area contributed by atoms with Gasteiger partial charge in [0.2, 0.25) is 0 Å². The van der Waals surface area contributed by atoms with Crippen molar-refractivity contribution in [3.8, 4) is 5.69 Å². The molecule has 0 saturated carbocycles. The summed E-state index contributed by atoms with van der Waals surface area (Å²) in [5.74, 6) is 0. The predicted molar refractivity (Wildman–Crippen MR) is 57.4 cm³/mol. The van der Waals surface area contributed by atoms with Crippen molar-refractivity contribution in [2.24, 2.45) is 0 Å². The van der Waals surface area contributed by atoms with Crippen LogP contribution in [0.5, 0.6) is 0 Å². The summed E-state index contributed by atoms with van der Waals surface area (Å²) < 4.78 is 6.80. The molecule has 0 saturated heterocycles. The van der Waals surface area contributed by atoms with Gasteiger partial charge in [-0.25, -0.2) is 9.78 Å². The van der Waals surface area contributed by atoms with E-state index in [4.69, 9.17) is 4.74 Å². The topological polar surface area (TPSA) is 56.2 Å². The summed E-state index contributed by atoms with van der Waals surface area (Å²) in [6, 6.07) is 5.76. The molecule has 80 valence electrons. The van der Waals surface area contributed by atoms with Crippen LogP contribution in [0.15, 0.2) is 36.9 Å². The standard InChI is InChI=1S/C11H9N3O2/c15-11-13-10-2-1-9(5-8(10)6-16-11)14-4-3-12-7-14/h1-5,7H,6H2,(H,13,15). The Kier molecular flexibility index (Phi) is 1.89. The molecular weight excluding hydrogens is 206 g/mol. The molecule has 16 heavy (non-hydrogen) atoms. The zero-order chi connectivity index (χ0) is 11.0. The SMILES string of the molecule is O=C1Nc2ccc(-n3ccnc3)cc2CO1. The van der Waals surface area contributed by atoms with Gasteiger partial charge < -0.3 is 9.30 Å². The Morgan fingerprint density at radius 2 is 2.38 bits per heavy atom. The molecule has 1 amide bonds. The van der Waals surface area contributed by atoms with Crippen LogP contribution in [0.3, 0.4) is 0 Å². The van der Waals surface area contributed by atoms with E-state index in [1.807, 2.05) is 29.0 Å². The molecule has 1 aliphatic heterocycles. The zero-order valence-electron chi connectivity index (χ0n) is 8.38. The smallest absolute Gasteiger partial charge is 0.411 e. The monoisotopic (exact) mass is 215 g/mol. The second-order valence-electron chi connectivity index (χ2n) is 3.51. The quantitative estimate of drug-likeness (QED) is 0.790. The number of nitrogens with zero attached hydrogens (tertiary/aromatic N) is 2. The van der Waals surface area contributed by atoms with Gasteiger partial charge >= 0.3 is 6.09 Å². The fourth-order valence-corrected chi connectivity index (χ4v) is 1.68. The number of hydrogen-bond donors (Lipinski definition) is 1. The summed E-state index contributed by atoms with van der Waals surface area (Å²) in [4.78, 5) is 15.0. The van der Waals surface area contributed by atoms with Gasteiger partial charge in [0.05, 0.1) is 12.0 Å². The molecule has 2 heterocycles. The number of amides is 1. The van der Waals surface area contributed by atoms with E-state index < -0.39 is 6.09 Å². The second kappa shape index (κ2) is 3.37. The molecule has 2 aromatic rings. The van der Waals surface area contributed by atoms with Gasteiger partial charge in [-0.15, -0.1) is 0 Å². The molecule has 5 nitrogen and oxygen atoms in total. The van der Waals surface area contributed by atoms with Crippen LogP contribution in [0.4, 0.5) is 10.5 Å². The van der Waals surface area contributed by atoms with Crippen molar-refractivity contribution in [3.63, 3.8) is 0 Å². The lowest BCUT2D eigenvalue weighted by Crippen LogP contribution is -2.20. The molecular formula is C11H9N3O2. The first-order chi connectivity index (χ1) is 7.83. The molecule has 0 radical (unpaired) electrons. The zero-order valence-corrected chi connectivity index (χ0v) is 8.38. The number of nitrogens with one attached hydrogen (secondary N) is 1. The van der Waals surface area contributed by atoms with Gasteiger partial charge in [-0.2, -0.15) is 0 Å². The molecule has 0 unspecified atom stereocenters. The Hall–Kier alpha value is -2.30. The fourth-order valence-electron chi connectivity index (χ4n) is 1.68. The first-order valence-electron chi connectivity index (χ1n) is 4.88. The molecule has 1 aromatic heterocycles. The Morgan fingerprint density at radius 1 is 1.44 bits per heavy atom. The highest BCUT2D eigenvalue weighted by Gasteiger charge is 2.15. The Bertz CT molecular complexity index is 534. The van der Waals surface area contributed by atoms with E-state index in [2.05, 4.69) is 10.3 Å². The number of benzene rings is 1. The summed E-state index contributed by atoms with van der Waals surface area (Å²) in [7, 11) is 0. The largest absolute Gasteiger partial charge is 0.444 e. The van der Waals surface area contributed by atoms with Crippen LogP contribution in [0, 0.1) is 0 Å². The summed E-state index contributed by atoms with van der Waals surface area (Å²) in [5, 5.41) is 2.65. The fraction of sp³-hybridized carbons (Fsp3) is 0.0909. The second-order valence-corrected chi connectivity index (χ2v) is 3.51. The number of aromatic nitrogens is 2. The van der Waals surface area contributed by atoms with Crippen LogP contribution >= 0.6 is 0 Å². The predicted octanol–water partition coefficient (Wildman–Crippen LogP) is 1.93. The van der Waals surface area contributed by atoms with Crippen molar-refractivity contribution in [1.29, 1.82) is 0 Å². The molecule has 0 fully saturated rings. The Balaban J connectivity index is 2.03. The number of ether oxygens (including phenoxy) is 1. The van der Waals surface area contributed by atoms with E-state index in [-0.39, 0.29) is 0 Å². The lowest BCUT2D eigenvalue weighted by molar-refractivity contribution is 0.151. The van der Waals surface area contributed by atoms with Gasteiger partial charge in [0.1, 0.15) is 6.61 Å². The van der Waals surface area contributed by atoms with E-state index in [1.165, 1.54) is 0 Å². The highest BCUT2D eigenvalue weighted by atomic mass is 16.5. The molecule has 0 atom stereocenters. The van der Waals surface area contributed by atoms with Crippen molar-refractivity contribution in [1.82, 2.24) is 9.55 Å². The number of hydrogen-bond acceptors (Lipinski definition) is 3. The number of anilines is 1. The van der Waals surface area contributed by atoms with Gasteiger partial charge in [0.15, 0.2) is 0 Å². The third kappa shape index (κ3) is 1.42. The highest BCUT2D eigenvalue weighted by molar-refractivity contribution is 5.87. The maximum absolute atomic E-state index is 11.0. The summed E-state index contributed by atoms with van der Waals surface area (Å²) >= 11 is 0. The van der Waals surface area contributed by atoms with E-state index in [9.17, 15) is 4.79 Å². The minimum absolute atomic E-state index is 0.309. The Labute approximate surface area is 91.7 Å². The van der Waals surface area contributed by atoms with Gasteiger partial charge in [-0.05, 0) is 18.2 Å². The van der Waals surface area contributed by atoms with Crippen molar-refractivity contribution >= 4 is 11.8 Å². The average Bonchev–Trinajstić information content (AvgIpc) is 2.82. The highest BCUT2D eigenvalue weighted by Crippen LogP contribution is 2.24. The normalized spacial score (nSPS) is 13.9. The van der Waals surface area contributed by atoms with E-state index >= 15 is 0 Å². The minimum atomic E-state index is -0.400. The number of fused-ring (bicyclic) bond motifs is 1. The van der Waals surface area contributed by atoms with Crippen LogP contribution in [0.1, 0.15) is 5.56 Å². The average molecular weight is 215 g/mol. The van der Waals surface area contributed by atoms with Crippen molar-refractivity contribution < 1.29 is 9.53 Å². The molecule has 5 heteroatoms. The number of rotatable bonds is 1. The molecule has 0 aliphatic carbocycles. The van der Waals surface area contributed by atoms with Gasteiger partial charge in [0, 0.05) is 23.6 Å². The molecule has 3 rings (SSSR count). The molecule has 0 bridgehead atoms. The number of carbonyl (C=O) groups is 1. The van der Waals surface area contributed by atoms with E-state index in [0.717, 1.165) is 16.9 Å². The number of cyclic esters (lactones) is 1. The van der Waals surface area contributed by atoms with Crippen LogP contribution in [-0.2, 0) is 11.3 Å². The third-order valence-corrected chi connectivity index (χ3v) is 2.49. The summed E-state index contributed by atoms with van der Waals surface area (Å²) in [5.41, 5.74) is 2.77.